The van der Waals surface area contributed by atoms with Crippen LogP contribution in [-0.4, -0.2) is 24.7 Å². The van der Waals surface area contributed by atoms with Gasteiger partial charge in [-0.15, -0.1) is 0 Å². The molecule has 0 aromatic heterocycles. The summed E-state index contributed by atoms with van der Waals surface area (Å²) in [4.78, 5) is 11.4. The second kappa shape index (κ2) is 6.49. The predicted octanol–water partition coefficient (Wildman–Crippen LogP) is 3.61. The van der Waals surface area contributed by atoms with Crippen LogP contribution in [0.2, 0.25) is 10.0 Å². The van der Waals surface area contributed by atoms with Gasteiger partial charge in [0.1, 0.15) is 12.6 Å². The van der Waals surface area contributed by atoms with Crippen molar-refractivity contribution in [1.29, 1.82) is 0 Å². The average Bonchev–Trinajstić information content (AvgIpc) is 2.31. The first-order valence-electron chi connectivity index (χ1n) is 5.35. The third-order valence-electron chi connectivity index (χ3n) is 2.22. The normalized spacial score (nSPS) is 12.9. The molecule has 2 N–H and O–H groups in total. The summed E-state index contributed by atoms with van der Waals surface area (Å²) in [5, 5.41) is 3.77. The van der Waals surface area contributed by atoms with Crippen LogP contribution in [0.3, 0.4) is 0 Å². The van der Waals surface area contributed by atoms with Crippen LogP contribution in [0.15, 0.2) is 12.1 Å². The van der Waals surface area contributed by atoms with Gasteiger partial charge < -0.3 is 10.6 Å². The Balaban J connectivity index is 2.66. The molecule has 3 nitrogen and oxygen atoms in total. The lowest BCUT2D eigenvalue weighted by molar-refractivity contribution is -0.138. The smallest absolute Gasteiger partial charge is 0.374 e. The Bertz CT molecular complexity index is 485. The van der Waals surface area contributed by atoms with Gasteiger partial charge in [0.05, 0.1) is 10.0 Å². The van der Waals surface area contributed by atoms with Crippen molar-refractivity contribution in [3.8, 4) is 0 Å². The van der Waals surface area contributed by atoms with Crippen LogP contribution in [0.1, 0.15) is 6.92 Å². The standard InChI is InChI=1S/C11H10Cl2F4N2O/c1-5(10(20)18-4-11(15,16)17)19-6-2-7(12)9(14)8(13)3-6/h2-3,5,19H,4H2,1H3,(H,18,20). The van der Waals surface area contributed by atoms with Gasteiger partial charge in [0.25, 0.3) is 0 Å². The summed E-state index contributed by atoms with van der Waals surface area (Å²) in [6.07, 6.45) is -4.49. The van der Waals surface area contributed by atoms with Crippen molar-refractivity contribution in [2.75, 3.05) is 11.9 Å². The van der Waals surface area contributed by atoms with Crippen molar-refractivity contribution >= 4 is 34.8 Å². The van der Waals surface area contributed by atoms with Crippen molar-refractivity contribution in [3.05, 3.63) is 28.0 Å². The second-order valence-electron chi connectivity index (χ2n) is 3.95. The van der Waals surface area contributed by atoms with Crippen LogP contribution in [0.25, 0.3) is 0 Å². The van der Waals surface area contributed by atoms with E-state index in [9.17, 15) is 22.4 Å². The van der Waals surface area contributed by atoms with E-state index in [-0.39, 0.29) is 15.7 Å². The number of anilines is 1. The molecular formula is C11H10Cl2F4N2O. The Morgan fingerprint density at radius 2 is 1.80 bits per heavy atom. The molecule has 0 aliphatic rings. The summed E-state index contributed by atoms with van der Waals surface area (Å²) in [7, 11) is 0. The van der Waals surface area contributed by atoms with Crippen molar-refractivity contribution < 1.29 is 22.4 Å². The third-order valence-corrected chi connectivity index (χ3v) is 2.77. The van der Waals surface area contributed by atoms with Crippen LogP contribution < -0.4 is 10.6 Å². The fraction of sp³-hybridized carbons (Fsp3) is 0.364. The first-order valence-corrected chi connectivity index (χ1v) is 6.11. The monoisotopic (exact) mass is 332 g/mol. The number of carbonyl (C=O) groups is 1. The lowest BCUT2D eigenvalue weighted by Gasteiger charge is -2.16. The Morgan fingerprint density at radius 1 is 1.30 bits per heavy atom. The number of hydrogen-bond acceptors (Lipinski definition) is 2. The van der Waals surface area contributed by atoms with Crippen molar-refractivity contribution in [2.24, 2.45) is 0 Å². The molecule has 1 unspecified atom stereocenters. The largest absolute Gasteiger partial charge is 0.405 e. The molecular weight excluding hydrogens is 323 g/mol. The van der Waals surface area contributed by atoms with Gasteiger partial charge in [0, 0.05) is 5.69 Å². The van der Waals surface area contributed by atoms with Gasteiger partial charge in [0.2, 0.25) is 5.91 Å². The predicted molar refractivity (Wildman–Crippen MR) is 68.6 cm³/mol. The van der Waals surface area contributed by atoms with Crippen LogP contribution in [0.5, 0.6) is 0 Å². The van der Waals surface area contributed by atoms with Gasteiger partial charge >= 0.3 is 6.18 Å². The molecule has 0 aliphatic carbocycles. The zero-order valence-electron chi connectivity index (χ0n) is 10.1. The molecule has 0 spiro atoms. The number of amides is 1. The van der Waals surface area contributed by atoms with Crippen molar-refractivity contribution in [2.45, 2.75) is 19.1 Å². The molecule has 0 aliphatic heterocycles. The molecule has 1 aromatic carbocycles. The van der Waals surface area contributed by atoms with Gasteiger partial charge in [-0.25, -0.2) is 4.39 Å². The number of rotatable bonds is 4. The first-order chi connectivity index (χ1) is 9.10. The molecule has 1 amide bonds. The zero-order chi connectivity index (χ0) is 15.5. The third kappa shape index (κ3) is 5.05. The molecule has 0 radical (unpaired) electrons. The molecule has 0 saturated carbocycles. The van der Waals surface area contributed by atoms with Crippen LogP contribution >= 0.6 is 23.2 Å². The molecule has 0 saturated heterocycles. The van der Waals surface area contributed by atoms with E-state index in [1.165, 1.54) is 19.1 Å². The summed E-state index contributed by atoms with van der Waals surface area (Å²) in [5.74, 6) is -1.67. The summed E-state index contributed by atoms with van der Waals surface area (Å²) >= 11 is 11.1. The average molecular weight is 333 g/mol. The summed E-state index contributed by atoms with van der Waals surface area (Å²) in [6.45, 7) is -0.0837. The molecule has 0 fully saturated rings. The lowest BCUT2D eigenvalue weighted by Crippen LogP contribution is -2.42. The Hall–Kier alpha value is -1.21. The summed E-state index contributed by atoms with van der Waals surface area (Å²) in [6, 6.07) is 1.38. The van der Waals surface area contributed by atoms with Gasteiger partial charge in [-0.05, 0) is 19.1 Å². The molecule has 1 aromatic rings. The Kier molecular flexibility index (Phi) is 5.47. The van der Waals surface area contributed by atoms with E-state index in [1.807, 2.05) is 0 Å². The van der Waals surface area contributed by atoms with Gasteiger partial charge in [-0.1, -0.05) is 23.2 Å². The van der Waals surface area contributed by atoms with Crippen LogP contribution in [0.4, 0.5) is 23.2 Å². The summed E-state index contributed by atoms with van der Waals surface area (Å²) < 4.78 is 49.0. The Labute approximate surface area is 122 Å². The minimum Gasteiger partial charge on any atom is -0.374 e. The number of nitrogens with one attached hydrogen (secondary N) is 2. The number of benzene rings is 1. The highest BCUT2D eigenvalue weighted by Gasteiger charge is 2.28. The van der Waals surface area contributed by atoms with E-state index in [2.05, 4.69) is 5.32 Å². The van der Waals surface area contributed by atoms with E-state index in [4.69, 9.17) is 23.2 Å². The quantitative estimate of drug-likeness (QED) is 0.653. The van der Waals surface area contributed by atoms with E-state index < -0.39 is 30.5 Å². The number of alkyl halides is 3. The molecule has 20 heavy (non-hydrogen) atoms. The van der Waals surface area contributed by atoms with E-state index >= 15 is 0 Å². The first kappa shape index (κ1) is 16.8. The van der Waals surface area contributed by atoms with Crippen LogP contribution in [0, 0.1) is 5.82 Å². The lowest BCUT2D eigenvalue weighted by atomic mass is 10.2. The van der Waals surface area contributed by atoms with Crippen molar-refractivity contribution in [1.82, 2.24) is 5.32 Å². The van der Waals surface area contributed by atoms with Crippen LogP contribution in [-0.2, 0) is 4.79 Å². The molecule has 112 valence electrons. The maximum atomic E-state index is 13.2. The van der Waals surface area contributed by atoms with Crippen molar-refractivity contribution in [3.63, 3.8) is 0 Å². The Morgan fingerprint density at radius 3 is 2.25 bits per heavy atom. The topological polar surface area (TPSA) is 41.1 Å². The minimum atomic E-state index is -4.49. The maximum absolute atomic E-state index is 13.2. The zero-order valence-corrected chi connectivity index (χ0v) is 11.6. The van der Waals surface area contributed by atoms with E-state index in [0.717, 1.165) is 0 Å². The minimum absolute atomic E-state index is 0.219. The molecule has 1 rings (SSSR count). The molecule has 0 heterocycles. The molecule has 9 heteroatoms. The van der Waals surface area contributed by atoms with E-state index in [0.29, 0.717) is 0 Å². The highest BCUT2D eigenvalue weighted by molar-refractivity contribution is 6.35. The molecule has 1 atom stereocenters. The van der Waals surface area contributed by atoms with E-state index in [1.54, 1.807) is 5.32 Å². The summed E-state index contributed by atoms with van der Waals surface area (Å²) in [5.41, 5.74) is 0.219. The number of carbonyl (C=O) groups excluding carboxylic acids is 1. The fourth-order valence-corrected chi connectivity index (χ4v) is 1.78. The number of halogens is 6. The molecule has 0 bridgehead atoms. The van der Waals surface area contributed by atoms with Gasteiger partial charge in [-0.2, -0.15) is 13.2 Å². The van der Waals surface area contributed by atoms with Gasteiger partial charge in [0.15, 0.2) is 5.82 Å². The second-order valence-corrected chi connectivity index (χ2v) is 4.77. The highest BCUT2D eigenvalue weighted by atomic mass is 35.5. The highest BCUT2D eigenvalue weighted by Crippen LogP contribution is 2.27. The fourth-order valence-electron chi connectivity index (χ4n) is 1.29. The SMILES string of the molecule is CC(Nc1cc(Cl)c(F)c(Cl)c1)C(=O)NCC(F)(F)F. The van der Waals surface area contributed by atoms with Gasteiger partial charge in [-0.3, -0.25) is 4.79 Å². The number of hydrogen-bond donors (Lipinski definition) is 2. The maximum Gasteiger partial charge on any atom is 0.405 e.